The maximum atomic E-state index is 10.8. The molecule has 15 heavy (non-hydrogen) atoms. The molecule has 1 rings (SSSR count). The molecule has 0 bridgehead atoms. The first-order chi connectivity index (χ1) is 7.13. The monoisotopic (exact) mass is 215 g/mol. The lowest BCUT2D eigenvalue weighted by atomic mass is 9.97. The van der Waals surface area contributed by atoms with Gasteiger partial charge in [0, 0.05) is 20.3 Å². The number of likely N-dealkylation sites (tertiary alicyclic amines) is 1. The zero-order chi connectivity index (χ0) is 11.3. The van der Waals surface area contributed by atoms with Gasteiger partial charge in [0.25, 0.3) is 0 Å². The van der Waals surface area contributed by atoms with Crippen molar-refractivity contribution in [2.75, 3.05) is 33.4 Å². The number of carbonyl (C=O) groups is 1. The van der Waals surface area contributed by atoms with Gasteiger partial charge in [0.05, 0.1) is 6.04 Å². The van der Waals surface area contributed by atoms with E-state index in [1.165, 1.54) is 0 Å². The third kappa shape index (κ3) is 4.15. The van der Waals surface area contributed by atoms with Crippen molar-refractivity contribution in [3.05, 3.63) is 0 Å². The molecule has 0 aliphatic carbocycles. The van der Waals surface area contributed by atoms with Gasteiger partial charge in [-0.1, -0.05) is 0 Å². The van der Waals surface area contributed by atoms with E-state index in [1.807, 2.05) is 0 Å². The molecule has 1 aliphatic rings. The van der Waals surface area contributed by atoms with Gasteiger partial charge in [-0.05, 0) is 31.8 Å². The van der Waals surface area contributed by atoms with Crippen molar-refractivity contribution in [1.82, 2.24) is 4.90 Å². The number of nitrogens with two attached hydrogens (primary N) is 2. The third-order valence-electron chi connectivity index (χ3n) is 2.93. The largest absolute Gasteiger partial charge is 0.384 e. The van der Waals surface area contributed by atoms with Gasteiger partial charge in [0.2, 0.25) is 5.91 Å². The fourth-order valence-electron chi connectivity index (χ4n) is 1.94. The van der Waals surface area contributed by atoms with Crippen molar-refractivity contribution in [3.63, 3.8) is 0 Å². The molecule has 0 aromatic rings. The minimum absolute atomic E-state index is 0.422. The third-order valence-corrected chi connectivity index (χ3v) is 2.93. The summed E-state index contributed by atoms with van der Waals surface area (Å²) in [5, 5.41) is 0. The summed E-state index contributed by atoms with van der Waals surface area (Å²) in [6.07, 6.45) is 2.22. The van der Waals surface area contributed by atoms with Gasteiger partial charge in [-0.2, -0.15) is 0 Å². The van der Waals surface area contributed by atoms with E-state index in [4.69, 9.17) is 16.2 Å². The van der Waals surface area contributed by atoms with Crippen LogP contribution < -0.4 is 11.5 Å². The van der Waals surface area contributed by atoms with Crippen molar-refractivity contribution in [2.45, 2.75) is 18.9 Å². The molecular formula is C10H21N3O2. The van der Waals surface area contributed by atoms with Crippen LogP contribution in [0.1, 0.15) is 12.8 Å². The molecule has 1 saturated heterocycles. The molecule has 0 aromatic carbocycles. The molecule has 1 amide bonds. The minimum Gasteiger partial charge on any atom is -0.384 e. The van der Waals surface area contributed by atoms with Gasteiger partial charge < -0.3 is 21.1 Å². The molecular weight excluding hydrogens is 194 g/mol. The second-order valence-corrected chi connectivity index (χ2v) is 4.21. The second-order valence-electron chi connectivity index (χ2n) is 4.21. The minimum atomic E-state index is -0.538. The van der Waals surface area contributed by atoms with Gasteiger partial charge in [-0.3, -0.25) is 4.79 Å². The van der Waals surface area contributed by atoms with E-state index in [-0.39, 0.29) is 0 Å². The van der Waals surface area contributed by atoms with Crippen LogP contribution in [0, 0.1) is 5.92 Å². The second kappa shape index (κ2) is 6.05. The molecule has 0 saturated carbocycles. The highest BCUT2D eigenvalue weighted by Crippen LogP contribution is 2.16. The molecule has 0 spiro atoms. The van der Waals surface area contributed by atoms with Gasteiger partial charge in [0.1, 0.15) is 0 Å². The zero-order valence-electron chi connectivity index (χ0n) is 9.32. The van der Waals surface area contributed by atoms with Gasteiger partial charge in [0.15, 0.2) is 0 Å². The lowest BCUT2D eigenvalue weighted by Gasteiger charge is -2.32. The van der Waals surface area contributed by atoms with Crippen LogP contribution in [0.25, 0.3) is 0 Å². The van der Waals surface area contributed by atoms with Crippen molar-refractivity contribution in [1.29, 1.82) is 0 Å². The predicted molar refractivity (Wildman–Crippen MR) is 58.2 cm³/mol. The fraction of sp³-hybridized carbons (Fsp3) is 0.900. The van der Waals surface area contributed by atoms with E-state index in [9.17, 15) is 4.79 Å². The van der Waals surface area contributed by atoms with E-state index in [0.29, 0.717) is 12.5 Å². The highest BCUT2D eigenvalue weighted by atomic mass is 16.5. The Bertz CT molecular complexity index is 203. The lowest BCUT2D eigenvalue weighted by molar-refractivity contribution is -0.119. The molecule has 1 atom stereocenters. The molecule has 88 valence electrons. The smallest absolute Gasteiger partial charge is 0.235 e. The summed E-state index contributed by atoms with van der Waals surface area (Å²) < 4.78 is 5.12. The summed E-state index contributed by atoms with van der Waals surface area (Å²) in [6.45, 7) is 3.37. The summed E-state index contributed by atoms with van der Waals surface area (Å²) in [5.74, 6) is 0.227. The first kappa shape index (κ1) is 12.4. The molecule has 0 aromatic heterocycles. The average Bonchev–Trinajstić information content (AvgIpc) is 2.21. The maximum Gasteiger partial charge on any atom is 0.235 e. The quantitative estimate of drug-likeness (QED) is 0.626. The highest BCUT2D eigenvalue weighted by Gasteiger charge is 2.21. The van der Waals surface area contributed by atoms with E-state index in [1.54, 1.807) is 7.11 Å². The number of amides is 1. The Hall–Kier alpha value is -0.650. The number of piperidine rings is 1. The topological polar surface area (TPSA) is 81.6 Å². The molecule has 0 radical (unpaired) electrons. The Labute approximate surface area is 90.7 Å². The van der Waals surface area contributed by atoms with Gasteiger partial charge in [-0.15, -0.1) is 0 Å². The Morgan fingerprint density at radius 3 is 2.60 bits per heavy atom. The number of primary amides is 1. The van der Waals surface area contributed by atoms with Crippen molar-refractivity contribution in [2.24, 2.45) is 17.4 Å². The summed E-state index contributed by atoms with van der Waals surface area (Å²) in [6, 6.07) is -0.538. The lowest BCUT2D eigenvalue weighted by Crippen LogP contribution is -2.48. The summed E-state index contributed by atoms with van der Waals surface area (Å²) >= 11 is 0. The van der Waals surface area contributed by atoms with Gasteiger partial charge in [-0.25, -0.2) is 0 Å². The molecule has 5 nitrogen and oxygen atoms in total. The zero-order valence-corrected chi connectivity index (χ0v) is 9.32. The van der Waals surface area contributed by atoms with Crippen LogP contribution in [0.4, 0.5) is 0 Å². The Kier molecular flexibility index (Phi) is 5.01. The van der Waals surface area contributed by atoms with Crippen molar-refractivity contribution >= 4 is 5.91 Å². The maximum absolute atomic E-state index is 10.8. The molecule has 1 unspecified atom stereocenters. The number of methoxy groups -OCH3 is 1. The fourth-order valence-corrected chi connectivity index (χ4v) is 1.94. The van der Waals surface area contributed by atoms with Crippen LogP contribution in [-0.2, 0) is 9.53 Å². The van der Waals surface area contributed by atoms with Crippen molar-refractivity contribution in [3.8, 4) is 0 Å². The first-order valence-corrected chi connectivity index (χ1v) is 5.39. The predicted octanol–water partition coefficient (Wildman–Crippen LogP) is -0.843. The van der Waals surface area contributed by atoms with E-state index in [0.717, 1.165) is 32.5 Å². The SMILES string of the molecule is COCC1CCN(CC(N)C(N)=O)CC1. The normalized spacial score (nSPS) is 21.5. The highest BCUT2D eigenvalue weighted by molar-refractivity contribution is 5.79. The van der Waals surface area contributed by atoms with E-state index in [2.05, 4.69) is 4.90 Å². The molecule has 1 heterocycles. The Balaban J connectivity index is 2.22. The first-order valence-electron chi connectivity index (χ1n) is 5.39. The number of hydrogen-bond donors (Lipinski definition) is 2. The number of nitrogens with zero attached hydrogens (tertiary/aromatic N) is 1. The van der Waals surface area contributed by atoms with E-state index >= 15 is 0 Å². The summed E-state index contributed by atoms with van der Waals surface area (Å²) in [4.78, 5) is 13.0. The summed E-state index contributed by atoms with van der Waals surface area (Å²) in [5.41, 5.74) is 10.7. The molecule has 5 heteroatoms. The number of rotatable bonds is 5. The number of carbonyl (C=O) groups excluding carboxylic acids is 1. The van der Waals surface area contributed by atoms with Crippen LogP contribution in [0.15, 0.2) is 0 Å². The Morgan fingerprint density at radius 1 is 1.53 bits per heavy atom. The molecule has 1 aliphatic heterocycles. The average molecular weight is 215 g/mol. The Morgan fingerprint density at radius 2 is 2.13 bits per heavy atom. The van der Waals surface area contributed by atoms with Gasteiger partial charge >= 0.3 is 0 Å². The van der Waals surface area contributed by atoms with Crippen LogP contribution in [0.5, 0.6) is 0 Å². The number of ether oxygens (including phenoxy) is 1. The van der Waals surface area contributed by atoms with Crippen LogP contribution in [0.2, 0.25) is 0 Å². The standard InChI is InChI=1S/C10H21N3O2/c1-15-7-8-2-4-13(5-3-8)6-9(11)10(12)14/h8-9H,2-7,11H2,1H3,(H2,12,14). The molecule has 4 N–H and O–H groups in total. The number of hydrogen-bond acceptors (Lipinski definition) is 4. The van der Waals surface area contributed by atoms with E-state index < -0.39 is 11.9 Å². The van der Waals surface area contributed by atoms with Crippen LogP contribution >= 0.6 is 0 Å². The van der Waals surface area contributed by atoms with Crippen LogP contribution in [0.3, 0.4) is 0 Å². The van der Waals surface area contributed by atoms with Crippen molar-refractivity contribution < 1.29 is 9.53 Å². The van der Waals surface area contributed by atoms with Crippen LogP contribution in [-0.4, -0.2) is 50.2 Å². The molecule has 1 fully saturated rings. The summed E-state index contributed by atoms with van der Waals surface area (Å²) in [7, 11) is 1.73.